The molecule has 1 saturated heterocycles. The third-order valence-corrected chi connectivity index (χ3v) is 2.80. The number of hydrogen-bond donors (Lipinski definition) is 1. The molecule has 78 valence electrons. The number of aliphatic hydroxyl groups is 1. The Morgan fingerprint density at radius 3 is 2.46 bits per heavy atom. The molecule has 1 rings (SSSR count). The molecular formula is C10H20O3. The minimum atomic E-state index is -0.450. The first-order chi connectivity index (χ1) is 5.96. The van der Waals surface area contributed by atoms with E-state index in [0.717, 1.165) is 0 Å². The van der Waals surface area contributed by atoms with Crippen molar-refractivity contribution in [1.82, 2.24) is 0 Å². The molecule has 0 unspecified atom stereocenters. The fourth-order valence-electron chi connectivity index (χ4n) is 1.51. The number of hydrogen-bond acceptors (Lipinski definition) is 3. The van der Waals surface area contributed by atoms with Gasteiger partial charge in [-0.05, 0) is 25.7 Å². The van der Waals surface area contributed by atoms with Gasteiger partial charge in [0.25, 0.3) is 0 Å². The van der Waals surface area contributed by atoms with Gasteiger partial charge in [-0.3, -0.25) is 0 Å². The third kappa shape index (κ3) is 2.66. The Balaban J connectivity index is 2.46. The Hall–Kier alpha value is -0.120. The van der Waals surface area contributed by atoms with Crippen LogP contribution in [-0.4, -0.2) is 30.2 Å². The fourth-order valence-corrected chi connectivity index (χ4v) is 1.51. The average Bonchev–Trinajstić information content (AvgIpc) is 2.43. The van der Waals surface area contributed by atoms with Gasteiger partial charge >= 0.3 is 0 Å². The molecule has 0 radical (unpaired) electrons. The van der Waals surface area contributed by atoms with E-state index in [-0.39, 0.29) is 18.6 Å². The molecule has 3 nitrogen and oxygen atoms in total. The van der Waals surface area contributed by atoms with Crippen molar-refractivity contribution in [2.45, 2.75) is 39.6 Å². The quantitative estimate of drug-likeness (QED) is 0.727. The SMILES string of the molecule is C[C@@H]([C@H](C)CO)[C@H]1COC(C)(C)O1. The Morgan fingerprint density at radius 1 is 1.46 bits per heavy atom. The average molecular weight is 188 g/mol. The van der Waals surface area contributed by atoms with Crippen LogP contribution in [0.2, 0.25) is 0 Å². The summed E-state index contributed by atoms with van der Waals surface area (Å²) in [5.41, 5.74) is 0. The van der Waals surface area contributed by atoms with Gasteiger partial charge in [-0.15, -0.1) is 0 Å². The van der Waals surface area contributed by atoms with Gasteiger partial charge in [0.15, 0.2) is 5.79 Å². The van der Waals surface area contributed by atoms with Crippen LogP contribution in [0, 0.1) is 11.8 Å². The molecule has 1 N–H and O–H groups in total. The molecule has 1 aliphatic rings. The van der Waals surface area contributed by atoms with Crippen LogP contribution in [0.25, 0.3) is 0 Å². The number of ether oxygens (including phenoxy) is 2. The number of rotatable bonds is 3. The molecule has 1 fully saturated rings. The highest BCUT2D eigenvalue weighted by molar-refractivity contribution is 4.78. The van der Waals surface area contributed by atoms with E-state index in [0.29, 0.717) is 12.5 Å². The summed E-state index contributed by atoms with van der Waals surface area (Å²) in [7, 11) is 0. The Morgan fingerprint density at radius 2 is 2.08 bits per heavy atom. The molecule has 3 atom stereocenters. The lowest BCUT2D eigenvalue weighted by Crippen LogP contribution is -2.30. The predicted octanol–water partition coefficient (Wildman–Crippen LogP) is 1.40. The molecular weight excluding hydrogens is 168 g/mol. The molecule has 13 heavy (non-hydrogen) atoms. The molecule has 0 bridgehead atoms. The molecule has 0 saturated carbocycles. The van der Waals surface area contributed by atoms with Crippen molar-refractivity contribution in [3.63, 3.8) is 0 Å². The van der Waals surface area contributed by atoms with Gasteiger partial charge in [-0.1, -0.05) is 13.8 Å². The summed E-state index contributed by atoms with van der Waals surface area (Å²) in [6, 6.07) is 0. The maximum atomic E-state index is 9.00. The van der Waals surface area contributed by atoms with E-state index in [4.69, 9.17) is 14.6 Å². The van der Waals surface area contributed by atoms with Gasteiger partial charge in [0.1, 0.15) is 0 Å². The smallest absolute Gasteiger partial charge is 0.163 e. The van der Waals surface area contributed by atoms with Crippen LogP contribution in [0.15, 0.2) is 0 Å². The Kier molecular flexibility index (Phi) is 3.33. The lowest BCUT2D eigenvalue weighted by Gasteiger charge is -2.24. The maximum absolute atomic E-state index is 9.00. The molecule has 1 aliphatic heterocycles. The lowest BCUT2D eigenvalue weighted by atomic mass is 9.92. The third-order valence-electron chi connectivity index (χ3n) is 2.80. The zero-order chi connectivity index (χ0) is 10.1. The molecule has 3 heteroatoms. The highest BCUT2D eigenvalue weighted by Gasteiger charge is 2.37. The summed E-state index contributed by atoms with van der Waals surface area (Å²) in [6.07, 6.45) is 0.122. The zero-order valence-electron chi connectivity index (χ0n) is 8.91. The summed E-state index contributed by atoms with van der Waals surface area (Å²) in [6.45, 7) is 8.81. The molecule has 0 spiro atoms. The van der Waals surface area contributed by atoms with E-state index in [2.05, 4.69) is 6.92 Å². The van der Waals surface area contributed by atoms with Gasteiger partial charge in [0, 0.05) is 6.61 Å². The van der Waals surface area contributed by atoms with E-state index >= 15 is 0 Å². The van der Waals surface area contributed by atoms with Crippen molar-refractivity contribution in [1.29, 1.82) is 0 Å². The van der Waals surface area contributed by atoms with E-state index in [1.165, 1.54) is 0 Å². The summed E-state index contributed by atoms with van der Waals surface area (Å²) in [5, 5.41) is 9.00. The first kappa shape index (κ1) is 11.0. The van der Waals surface area contributed by atoms with E-state index in [1.807, 2.05) is 20.8 Å². The monoisotopic (exact) mass is 188 g/mol. The van der Waals surface area contributed by atoms with Crippen LogP contribution >= 0.6 is 0 Å². The minimum absolute atomic E-state index is 0.122. The molecule has 0 aromatic heterocycles. The van der Waals surface area contributed by atoms with Crippen LogP contribution in [0.5, 0.6) is 0 Å². The van der Waals surface area contributed by atoms with Crippen molar-refractivity contribution in [3.8, 4) is 0 Å². The number of aliphatic hydroxyl groups excluding tert-OH is 1. The largest absolute Gasteiger partial charge is 0.396 e. The van der Waals surface area contributed by atoms with Crippen LogP contribution in [0.4, 0.5) is 0 Å². The minimum Gasteiger partial charge on any atom is -0.396 e. The van der Waals surface area contributed by atoms with Crippen molar-refractivity contribution in [2.24, 2.45) is 11.8 Å². The normalized spacial score (nSPS) is 31.6. The van der Waals surface area contributed by atoms with Gasteiger partial charge in [0.05, 0.1) is 12.7 Å². The highest BCUT2D eigenvalue weighted by atomic mass is 16.7. The second-order valence-corrected chi connectivity index (χ2v) is 4.39. The standard InChI is InChI=1S/C10H20O3/c1-7(5-11)8(2)9-6-12-10(3,4)13-9/h7-9,11H,5-6H2,1-4H3/t7-,8+,9-/m1/s1. The van der Waals surface area contributed by atoms with E-state index in [1.54, 1.807) is 0 Å². The summed E-state index contributed by atoms with van der Waals surface area (Å²) in [4.78, 5) is 0. The molecule has 0 aromatic rings. The van der Waals surface area contributed by atoms with Gasteiger partial charge < -0.3 is 14.6 Å². The maximum Gasteiger partial charge on any atom is 0.163 e. The fraction of sp³-hybridized carbons (Fsp3) is 1.00. The Labute approximate surface area is 80.0 Å². The van der Waals surface area contributed by atoms with Gasteiger partial charge in [-0.25, -0.2) is 0 Å². The molecule has 0 aromatic carbocycles. The predicted molar refractivity (Wildman–Crippen MR) is 50.3 cm³/mol. The van der Waals surface area contributed by atoms with Crippen LogP contribution in [-0.2, 0) is 9.47 Å². The lowest BCUT2D eigenvalue weighted by molar-refractivity contribution is -0.146. The van der Waals surface area contributed by atoms with Crippen LogP contribution in [0.1, 0.15) is 27.7 Å². The van der Waals surface area contributed by atoms with Crippen molar-refractivity contribution >= 4 is 0 Å². The van der Waals surface area contributed by atoms with Crippen LogP contribution in [0.3, 0.4) is 0 Å². The Bertz CT molecular complexity index is 168. The molecule has 1 heterocycles. The van der Waals surface area contributed by atoms with Crippen molar-refractivity contribution in [3.05, 3.63) is 0 Å². The first-order valence-electron chi connectivity index (χ1n) is 4.89. The second-order valence-electron chi connectivity index (χ2n) is 4.39. The second kappa shape index (κ2) is 3.95. The van der Waals surface area contributed by atoms with Crippen molar-refractivity contribution in [2.75, 3.05) is 13.2 Å². The van der Waals surface area contributed by atoms with Crippen LogP contribution < -0.4 is 0 Å². The van der Waals surface area contributed by atoms with Gasteiger partial charge in [-0.2, -0.15) is 0 Å². The van der Waals surface area contributed by atoms with E-state index < -0.39 is 5.79 Å². The van der Waals surface area contributed by atoms with Gasteiger partial charge in [0.2, 0.25) is 0 Å². The first-order valence-corrected chi connectivity index (χ1v) is 4.89. The van der Waals surface area contributed by atoms with Crippen molar-refractivity contribution < 1.29 is 14.6 Å². The summed E-state index contributed by atoms with van der Waals surface area (Å²) >= 11 is 0. The van der Waals surface area contributed by atoms with E-state index in [9.17, 15) is 0 Å². The topological polar surface area (TPSA) is 38.7 Å². The summed E-state index contributed by atoms with van der Waals surface area (Å²) < 4.78 is 11.2. The molecule has 0 amide bonds. The highest BCUT2D eigenvalue weighted by Crippen LogP contribution is 2.29. The summed E-state index contributed by atoms with van der Waals surface area (Å²) in [5.74, 6) is 0.156. The zero-order valence-corrected chi connectivity index (χ0v) is 8.91. The molecule has 0 aliphatic carbocycles.